The molecular weight excluding hydrogens is 324 g/mol. The second kappa shape index (κ2) is 7.13. The fourth-order valence-electron chi connectivity index (χ4n) is 2.91. The summed E-state index contributed by atoms with van der Waals surface area (Å²) < 4.78 is 5.33. The van der Waals surface area contributed by atoms with Crippen LogP contribution >= 0.6 is 11.3 Å². The van der Waals surface area contributed by atoms with Crippen LogP contribution in [-0.4, -0.2) is 29.5 Å². The summed E-state index contributed by atoms with van der Waals surface area (Å²) in [7, 11) is 0. The fourth-order valence-corrected chi connectivity index (χ4v) is 3.52. The maximum absolute atomic E-state index is 12.7. The molecule has 0 radical (unpaired) electrons. The molecule has 0 saturated carbocycles. The number of fused-ring (bicyclic) bond motifs is 1. The number of para-hydroxylation sites is 1. The number of aryl methyl sites for hydroxylation is 2. The highest BCUT2D eigenvalue weighted by Gasteiger charge is 2.28. The molecule has 2 aromatic rings. The van der Waals surface area contributed by atoms with Gasteiger partial charge in [-0.1, -0.05) is 18.2 Å². The Hall–Kier alpha value is -2.21. The van der Waals surface area contributed by atoms with Crippen LogP contribution in [0.4, 0.5) is 5.69 Å². The minimum atomic E-state index is -0.802. The summed E-state index contributed by atoms with van der Waals surface area (Å²) in [6, 6.07) is 7.88. The number of esters is 1. The van der Waals surface area contributed by atoms with Crippen LogP contribution in [-0.2, 0) is 27.2 Å². The van der Waals surface area contributed by atoms with E-state index in [1.54, 1.807) is 11.8 Å². The van der Waals surface area contributed by atoms with E-state index in [9.17, 15) is 9.59 Å². The molecule has 1 aliphatic rings. The first-order chi connectivity index (χ1) is 11.5. The fraction of sp³-hybridized carbons (Fsp3) is 0.389. The number of carbonyl (C=O) groups is 2. The Balaban J connectivity index is 1.64. The number of carbonyl (C=O) groups excluding carboxylic acids is 2. The van der Waals surface area contributed by atoms with Crippen molar-refractivity contribution in [3.05, 3.63) is 45.9 Å². The molecule has 0 unspecified atom stereocenters. The highest BCUT2D eigenvalue weighted by molar-refractivity contribution is 7.09. The van der Waals surface area contributed by atoms with Gasteiger partial charge in [0.2, 0.25) is 0 Å². The first kappa shape index (κ1) is 16.6. The lowest BCUT2D eigenvalue weighted by Crippen LogP contribution is -2.42. The van der Waals surface area contributed by atoms with Gasteiger partial charge in [-0.25, -0.2) is 4.98 Å². The number of aromatic nitrogens is 1. The highest BCUT2D eigenvalue weighted by atomic mass is 32.1. The topological polar surface area (TPSA) is 59.5 Å². The third-order valence-electron chi connectivity index (χ3n) is 4.02. The molecule has 1 atom stereocenters. The molecule has 3 rings (SSSR count). The van der Waals surface area contributed by atoms with Crippen LogP contribution in [0.25, 0.3) is 0 Å². The lowest BCUT2D eigenvalue weighted by atomic mass is 10.0. The molecule has 126 valence electrons. The number of rotatable bonds is 4. The van der Waals surface area contributed by atoms with Gasteiger partial charge >= 0.3 is 5.97 Å². The number of benzene rings is 1. The van der Waals surface area contributed by atoms with Crippen molar-refractivity contribution < 1.29 is 14.3 Å². The van der Waals surface area contributed by atoms with Crippen molar-refractivity contribution in [1.29, 1.82) is 0 Å². The maximum atomic E-state index is 12.7. The second-order valence-electron chi connectivity index (χ2n) is 5.89. The van der Waals surface area contributed by atoms with Crippen molar-refractivity contribution in [3.8, 4) is 0 Å². The van der Waals surface area contributed by atoms with E-state index in [0.29, 0.717) is 12.2 Å². The number of anilines is 1. The zero-order valence-electron chi connectivity index (χ0n) is 13.8. The van der Waals surface area contributed by atoms with Gasteiger partial charge in [0.05, 0.1) is 17.1 Å². The van der Waals surface area contributed by atoms with E-state index < -0.39 is 12.1 Å². The molecule has 5 nitrogen and oxygen atoms in total. The lowest BCUT2D eigenvalue weighted by Gasteiger charge is -2.31. The van der Waals surface area contributed by atoms with Crippen LogP contribution in [0.5, 0.6) is 0 Å². The van der Waals surface area contributed by atoms with Crippen molar-refractivity contribution >= 4 is 28.9 Å². The van der Waals surface area contributed by atoms with Crippen molar-refractivity contribution in [2.24, 2.45) is 0 Å². The molecule has 24 heavy (non-hydrogen) atoms. The SMILES string of the molecule is Cc1nc(CC(=O)O[C@H](C)C(=O)N2CCCc3ccccc32)cs1. The summed E-state index contributed by atoms with van der Waals surface area (Å²) in [6.45, 7) is 4.17. The molecule has 1 amide bonds. The van der Waals surface area contributed by atoms with Gasteiger partial charge in [0.25, 0.3) is 5.91 Å². The van der Waals surface area contributed by atoms with Crippen molar-refractivity contribution in [1.82, 2.24) is 4.98 Å². The Bertz CT molecular complexity index is 756. The number of nitrogens with zero attached hydrogens (tertiary/aromatic N) is 2. The minimum absolute atomic E-state index is 0.0958. The monoisotopic (exact) mass is 344 g/mol. The molecule has 1 aromatic carbocycles. The van der Waals surface area contributed by atoms with E-state index in [4.69, 9.17) is 4.74 Å². The molecular formula is C18H20N2O3S. The van der Waals surface area contributed by atoms with Crippen LogP contribution in [0.1, 0.15) is 29.6 Å². The summed E-state index contributed by atoms with van der Waals surface area (Å²) in [5.41, 5.74) is 2.77. The number of thiazole rings is 1. The van der Waals surface area contributed by atoms with E-state index in [0.717, 1.165) is 29.1 Å². The Morgan fingerprint density at radius 3 is 2.92 bits per heavy atom. The van der Waals surface area contributed by atoms with Gasteiger partial charge in [0.15, 0.2) is 6.10 Å². The highest BCUT2D eigenvalue weighted by Crippen LogP contribution is 2.27. The van der Waals surface area contributed by atoms with Gasteiger partial charge in [0.1, 0.15) is 0 Å². The summed E-state index contributed by atoms with van der Waals surface area (Å²) in [5.74, 6) is -0.601. The first-order valence-electron chi connectivity index (χ1n) is 8.04. The van der Waals surface area contributed by atoms with Crippen LogP contribution < -0.4 is 4.90 Å². The second-order valence-corrected chi connectivity index (χ2v) is 6.95. The third-order valence-corrected chi connectivity index (χ3v) is 4.85. The van der Waals surface area contributed by atoms with Crippen LogP contribution in [0.3, 0.4) is 0 Å². The number of ether oxygens (including phenoxy) is 1. The average molecular weight is 344 g/mol. The zero-order valence-corrected chi connectivity index (χ0v) is 14.6. The Morgan fingerprint density at radius 1 is 1.38 bits per heavy atom. The normalized spacial score (nSPS) is 14.8. The maximum Gasteiger partial charge on any atom is 0.312 e. The summed E-state index contributed by atoms with van der Waals surface area (Å²) in [6.07, 6.45) is 1.18. The number of hydrogen-bond acceptors (Lipinski definition) is 5. The van der Waals surface area contributed by atoms with Crippen molar-refractivity contribution in [2.75, 3.05) is 11.4 Å². The third kappa shape index (κ3) is 3.64. The van der Waals surface area contributed by atoms with Crippen LogP contribution in [0.15, 0.2) is 29.6 Å². The quantitative estimate of drug-likeness (QED) is 0.800. The smallest absolute Gasteiger partial charge is 0.312 e. The van der Waals surface area contributed by atoms with Crippen LogP contribution in [0.2, 0.25) is 0 Å². The minimum Gasteiger partial charge on any atom is -0.452 e. The molecule has 0 aliphatic carbocycles. The van der Waals surface area contributed by atoms with E-state index >= 15 is 0 Å². The summed E-state index contributed by atoms with van der Waals surface area (Å²) in [5, 5.41) is 2.75. The molecule has 2 heterocycles. The summed E-state index contributed by atoms with van der Waals surface area (Å²) >= 11 is 1.49. The van der Waals surface area contributed by atoms with E-state index in [1.807, 2.05) is 36.6 Å². The van der Waals surface area contributed by atoms with Gasteiger partial charge in [-0.05, 0) is 38.3 Å². The standard InChI is InChI=1S/C18H20N2O3S/c1-12(23-17(21)10-15-11-24-13(2)19-15)18(22)20-9-5-7-14-6-3-4-8-16(14)20/h3-4,6,8,11-12H,5,7,9-10H2,1-2H3/t12-/m1/s1. The first-order valence-corrected chi connectivity index (χ1v) is 8.92. The summed E-state index contributed by atoms with van der Waals surface area (Å²) in [4.78, 5) is 30.7. The van der Waals surface area contributed by atoms with Gasteiger partial charge in [-0.2, -0.15) is 0 Å². The molecule has 6 heteroatoms. The van der Waals surface area contributed by atoms with Gasteiger partial charge in [0, 0.05) is 17.6 Å². The largest absolute Gasteiger partial charge is 0.452 e. The molecule has 0 bridgehead atoms. The predicted molar refractivity (Wildman–Crippen MR) is 93.2 cm³/mol. The molecule has 0 N–H and O–H groups in total. The van der Waals surface area contributed by atoms with Gasteiger partial charge < -0.3 is 9.64 Å². The van der Waals surface area contributed by atoms with Crippen LogP contribution in [0, 0.1) is 6.92 Å². The molecule has 0 spiro atoms. The van der Waals surface area contributed by atoms with Gasteiger partial charge in [-0.3, -0.25) is 9.59 Å². The molecule has 0 saturated heterocycles. The number of hydrogen-bond donors (Lipinski definition) is 0. The Morgan fingerprint density at radius 2 is 2.17 bits per heavy atom. The number of amides is 1. The van der Waals surface area contributed by atoms with Crippen molar-refractivity contribution in [2.45, 2.75) is 39.2 Å². The van der Waals surface area contributed by atoms with Crippen molar-refractivity contribution in [3.63, 3.8) is 0 Å². The van der Waals surface area contributed by atoms with E-state index in [1.165, 1.54) is 11.3 Å². The predicted octanol–water partition coefficient (Wildman–Crippen LogP) is 2.91. The molecule has 0 fully saturated rings. The Kier molecular flexibility index (Phi) is 4.94. The van der Waals surface area contributed by atoms with Gasteiger partial charge in [-0.15, -0.1) is 11.3 Å². The average Bonchev–Trinajstić information content (AvgIpc) is 2.98. The Labute approximate surface area is 145 Å². The zero-order chi connectivity index (χ0) is 17.1. The lowest BCUT2D eigenvalue weighted by molar-refractivity contribution is -0.153. The van der Waals surface area contributed by atoms with E-state index in [2.05, 4.69) is 4.98 Å². The molecule has 1 aromatic heterocycles. The molecule has 1 aliphatic heterocycles. The van der Waals surface area contributed by atoms with E-state index in [-0.39, 0.29) is 12.3 Å².